The zero-order valence-electron chi connectivity index (χ0n) is 16.3. The summed E-state index contributed by atoms with van der Waals surface area (Å²) in [4.78, 5) is 21.1. The van der Waals surface area contributed by atoms with Crippen molar-refractivity contribution >= 4 is 17.5 Å². The maximum absolute atomic E-state index is 12.3. The molecule has 1 atom stereocenters. The minimum Gasteiger partial charge on any atom is -0.493 e. The molecule has 0 spiro atoms. The Hall–Kier alpha value is -3.61. The van der Waals surface area contributed by atoms with Crippen molar-refractivity contribution in [1.29, 1.82) is 0 Å². The van der Waals surface area contributed by atoms with Gasteiger partial charge in [-0.25, -0.2) is 9.97 Å². The van der Waals surface area contributed by atoms with Crippen LogP contribution >= 0.6 is 0 Å². The Morgan fingerprint density at radius 1 is 1.07 bits per heavy atom. The second kappa shape index (κ2) is 8.18. The van der Waals surface area contributed by atoms with Gasteiger partial charge in [0.15, 0.2) is 11.5 Å². The number of carbonyl (C=O) groups is 1. The van der Waals surface area contributed by atoms with Crippen LogP contribution in [0.3, 0.4) is 0 Å². The van der Waals surface area contributed by atoms with Crippen molar-refractivity contribution in [2.45, 2.75) is 18.9 Å². The smallest absolute Gasteiger partial charge is 0.225 e. The average Bonchev–Trinajstić information content (AvgIpc) is 2.77. The van der Waals surface area contributed by atoms with Gasteiger partial charge in [-0.15, -0.1) is 0 Å². The fourth-order valence-electron chi connectivity index (χ4n) is 3.47. The lowest BCUT2D eigenvalue weighted by molar-refractivity contribution is -0.116. The summed E-state index contributed by atoms with van der Waals surface area (Å²) in [6.07, 6.45) is 3.86. The molecule has 0 aliphatic carbocycles. The Kier molecular flexibility index (Phi) is 5.29. The van der Waals surface area contributed by atoms with E-state index < -0.39 is 0 Å². The van der Waals surface area contributed by atoms with E-state index in [0.717, 1.165) is 22.4 Å². The van der Waals surface area contributed by atoms with Crippen LogP contribution in [0.2, 0.25) is 0 Å². The number of hydrogen-bond acceptors (Lipinski definition) is 6. The van der Waals surface area contributed by atoms with E-state index >= 15 is 0 Å². The van der Waals surface area contributed by atoms with Crippen LogP contribution in [0.5, 0.6) is 11.5 Å². The number of hydrogen-bond donors (Lipinski definition) is 2. The minimum absolute atomic E-state index is 0.0546. The number of methoxy groups -OCH3 is 2. The van der Waals surface area contributed by atoms with Crippen molar-refractivity contribution in [3.05, 3.63) is 71.5 Å². The second-order valence-electron chi connectivity index (χ2n) is 6.78. The highest BCUT2D eigenvalue weighted by atomic mass is 16.5. The lowest BCUT2D eigenvalue weighted by Crippen LogP contribution is -2.24. The van der Waals surface area contributed by atoms with Crippen LogP contribution in [0.4, 0.5) is 11.6 Å². The Morgan fingerprint density at radius 3 is 2.45 bits per heavy atom. The first-order valence-electron chi connectivity index (χ1n) is 9.33. The molecule has 2 N–H and O–H groups in total. The number of carbonyl (C=O) groups excluding carboxylic acids is 1. The van der Waals surface area contributed by atoms with Gasteiger partial charge < -0.3 is 20.1 Å². The quantitative estimate of drug-likeness (QED) is 0.669. The van der Waals surface area contributed by atoms with Crippen molar-refractivity contribution in [3.8, 4) is 11.5 Å². The molecular formula is C22H22N4O3. The molecule has 1 unspecified atom stereocenters. The van der Waals surface area contributed by atoms with Crippen LogP contribution < -0.4 is 20.1 Å². The van der Waals surface area contributed by atoms with Gasteiger partial charge in [0.1, 0.15) is 0 Å². The molecule has 7 heteroatoms. The highest BCUT2D eigenvalue weighted by Gasteiger charge is 2.29. The fraction of sp³-hybridized carbons (Fsp3) is 0.227. The molecule has 0 saturated heterocycles. The molecule has 4 rings (SSSR count). The highest BCUT2D eigenvalue weighted by Crippen LogP contribution is 2.42. The Labute approximate surface area is 169 Å². The molecule has 0 bridgehead atoms. The summed E-state index contributed by atoms with van der Waals surface area (Å²) in [5.41, 5.74) is 3.70. The number of amides is 1. The predicted octanol–water partition coefficient (Wildman–Crippen LogP) is 3.58. The van der Waals surface area contributed by atoms with Crippen LogP contribution in [0.1, 0.15) is 29.0 Å². The first-order chi connectivity index (χ1) is 14.2. The maximum Gasteiger partial charge on any atom is 0.225 e. The fourth-order valence-corrected chi connectivity index (χ4v) is 3.47. The third-order valence-electron chi connectivity index (χ3n) is 4.96. The number of ether oxygens (including phenoxy) is 2. The lowest BCUT2D eigenvalue weighted by Gasteiger charge is -2.27. The summed E-state index contributed by atoms with van der Waals surface area (Å²) in [5.74, 6) is 1.53. The number of aromatic nitrogens is 2. The van der Waals surface area contributed by atoms with Crippen LogP contribution in [-0.2, 0) is 11.3 Å². The molecule has 1 amide bonds. The van der Waals surface area contributed by atoms with E-state index in [9.17, 15) is 4.79 Å². The van der Waals surface area contributed by atoms with Crippen molar-refractivity contribution < 1.29 is 14.3 Å². The minimum atomic E-state index is -0.151. The lowest BCUT2D eigenvalue weighted by atomic mass is 9.86. The van der Waals surface area contributed by atoms with Crippen molar-refractivity contribution in [2.24, 2.45) is 0 Å². The van der Waals surface area contributed by atoms with Gasteiger partial charge in [0.25, 0.3) is 0 Å². The molecule has 2 aromatic carbocycles. The van der Waals surface area contributed by atoms with Crippen LogP contribution in [-0.4, -0.2) is 30.1 Å². The summed E-state index contributed by atoms with van der Waals surface area (Å²) >= 11 is 0. The van der Waals surface area contributed by atoms with Gasteiger partial charge in [0.05, 0.1) is 14.2 Å². The molecule has 1 aromatic heterocycles. The van der Waals surface area contributed by atoms with Gasteiger partial charge in [0, 0.05) is 43.0 Å². The molecule has 0 saturated carbocycles. The van der Waals surface area contributed by atoms with E-state index in [2.05, 4.69) is 20.6 Å². The maximum atomic E-state index is 12.3. The van der Waals surface area contributed by atoms with E-state index in [-0.39, 0.29) is 11.8 Å². The molecule has 7 nitrogen and oxygen atoms in total. The van der Waals surface area contributed by atoms with Gasteiger partial charge >= 0.3 is 0 Å². The summed E-state index contributed by atoms with van der Waals surface area (Å²) in [5, 5.41) is 6.12. The monoisotopic (exact) mass is 390 g/mol. The number of nitrogens with zero attached hydrogens (tertiary/aromatic N) is 2. The predicted molar refractivity (Wildman–Crippen MR) is 110 cm³/mol. The third kappa shape index (κ3) is 3.99. The van der Waals surface area contributed by atoms with Gasteiger partial charge in [-0.2, -0.15) is 0 Å². The second-order valence-corrected chi connectivity index (χ2v) is 6.78. The van der Waals surface area contributed by atoms with E-state index in [0.29, 0.717) is 30.4 Å². The largest absolute Gasteiger partial charge is 0.493 e. The zero-order chi connectivity index (χ0) is 20.2. The first-order valence-corrected chi connectivity index (χ1v) is 9.33. The number of anilines is 2. The molecule has 148 valence electrons. The van der Waals surface area contributed by atoms with Gasteiger partial charge in [-0.05, 0) is 22.8 Å². The summed E-state index contributed by atoms with van der Waals surface area (Å²) in [6.45, 7) is 0.645. The van der Waals surface area contributed by atoms with E-state index in [1.54, 1.807) is 32.7 Å². The number of fused-ring (bicyclic) bond motifs is 1. The SMILES string of the molecule is COc1cc2c(cc1OC)C(c1cnc(NCc3ccccc3)nc1)CC(=O)N2. The van der Waals surface area contributed by atoms with Crippen LogP contribution in [0.25, 0.3) is 0 Å². The molecule has 0 fully saturated rings. The normalized spacial score (nSPS) is 15.2. The van der Waals surface area contributed by atoms with Crippen molar-refractivity contribution in [3.63, 3.8) is 0 Å². The van der Waals surface area contributed by atoms with Crippen LogP contribution in [0.15, 0.2) is 54.9 Å². The molecule has 29 heavy (non-hydrogen) atoms. The van der Waals surface area contributed by atoms with Gasteiger partial charge in [-0.1, -0.05) is 30.3 Å². The number of nitrogens with one attached hydrogen (secondary N) is 2. The van der Waals surface area contributed by atoms with E-state index in [1.165, 1.54) is 0 Å². The van der Waals surface area contributed by atoms with Crippen molar-refractivity contribution in [2.75, 3.05) is 24.9 Å². The standard InChI is InChI=1S/C22H22N4O3/c1-28-19-8-17-16(9-21(27)26-18(17)10-20(19)29-2)15-12-24-22(25-13-15)23-11-14-6-4-3-5-7-14/h3-8,10,12-13,16H,9,11H2,1-2H3,(H,26,27)(H,23,24,25). The number of benzene rings is 2. The van der Waals surface area contributed by atoms with Crippen molar-refractivity contribution in [1.82, 2.24) is 9.97 Å². The summed E-state index contributed by atoms with van der Waals surface area (Å²) < 4.78 is 10.8. The Balaban J connectivity index is 1.58. The molecule has 0 radical (unpaired) electrons. The zero-order valence-corrected chi connectivity index (χ0v) is 16.3. The van der Waals surface area contributed by atoms with Gasteiger partial charge in [0.2, 0.25) is 11.9 Å². The third-order valence-corrected chi connectivity index (χ3v) is 4.96. The van der Waals surface area contributed by atoms with E-state index in [1.807, 2.05) is 36.4 Å². The average molecular weight is 390 g/mol. The van der Waals surface area contributed by atoms with E-state index in [4.69, 9.17) is 9.47 Å². The first kappa shape index (κ1) is 18.7. The molecule has 3 aromatic rings. The van der Waals surface area contributed by atoms with Crippen LogP contribution in [0, 0.1) is 0 Å². The highest BCUT2D eigenvalue weighted by molar-refractivity contribution is 5.96. The Bertz CT molecular complexity index is 1010. The molecule has 2 heterocycles. The topological polar surface area (TPSA) is 85.4 Å². The van der Waals surface area contributed by atoms with Gasteiger partial charge in [-0.3, -0.25) is 4.79 Å². The molecule has 1 aliphatic heterocycles. The summed E-state index contributed by atoms with van der Waals surface area (Å²) in [7, 11) is 3.17. The molecule has 1 aliphatic rings. The molecular weight excluding hydrogens is 368 g/mol. The Morgan fingerprint density at radius 2 is 1.76 bits per heavy atom. The summed E-state index contributed by atoms with van der Waals surface area (Å²) in [6, 6.07) is 13.7. The number of rotatable bonds is 6.